The molecule has 13 heteroatoms. The van der Waals surface area contributed by atoms with Gasteiger partial charge in [0.15, 0.2) is 0 Å². The van der Waals surface area contributed by atoms with Gasteiger partial charge in [0.05, 0.1) is 15.5 Å². The molecule has 4 N–H and O–H groups in total. The van der Waals surface area contributed by atoms with Crippen LogP contribution in [0.1, 0.15) is 6.92 Å². The Hall–Kier alpha value is -0.210. The number of anilines is 1. The molecule has 0 aromatic heterocycles. The number of hydrogen-bond acceptors (Lipinski definition) is 6. The van der Waals surface area contributed by atoms with Gasteiger partial charge in [-0.25, -0.2) is 0 Å². The topological polar surface area (TPSA) is 158 Å². The van der Waals surface area contributed by atoms with Gasteiger partial charge in [0, 0.05) is 18.4 Å². The molecule has 0 fully saturated rings. The molecule has 0 bridgehead atoms. The van der Waals surface area contributed by atoms with Gasteiger partial charge in [0.1, 0.15) is 5.75 Å². The number of amides is 1. The molecular weight excluding hydrogens is 396 g/mol. The zero-order valence-electron chi connectivity index (χ0n) is 11.5. The maximum absolute atomic E-state index is 11.3. The number of phenols is 1. The van der Waals surface area contributed by atoms with Crippen LogP contribution in [0, 0.1) is 0 Å². The average molecular weight is 409 g/mol. The summed E-state index contributed by atoms with van der Waals surface area (Å²) in [5.74, 6) is -1.20. The van der Waals surface area contributed by atoms with E-state index in [1.165, 1.54) is 0 Å². The van der Waals surface area contributed by atoms with E-state index in [-0.39, 0.29) is 75.6 Å². The average Bonchev–Trinajstić information content (AvgIpc) is 2.34. The SMILES string of the molecule is CC(=O)Nc1cc(S(=O)(=O)O)cc2cc(S(=O)(=O)O)cc(O)c12.[NaH].[NaH]. The van der Waals surface area contributed by atoms with Crippen LogP contribution in [-0.4, -0.2) is 96.1 Å². The first-order valence-electron chi connectivity index (χ1n) is 5.93. The third-order valence-electron chi connectivity index (χ3n) is 2.88. The molecule has 2 aromatic rings. The molecule has 9 nitrogen and oxygen atoms in total. The van der Waals surface area contributed by atoms with Crippen molar-refractivity contribution in [3.8, 4) is 5.75 Å². The molecule has 2 aromatic carbocycles. The van der Waals surface area contributed by atoms with Crippen LogP contribution in [0.4, 0.5) is 5.69 Å². The van der Waals surface area contributed by atoms with Crippen molar-refractivity contribution < 1.29 is 35.8 Å². The molecular formula is C12H13NNa2O8S2. The first-order chi connectivity index (χ1) is 10.4. The van der Waals surface area contributed by atoms with Crippen molar-refractivity contribution in [1.82, 2.24) is 0 Å². The fraction of sp³-hybridized carbons (Fsp3) is 0.0833. The van der Waals surface area contributed by atoms with Gasteiger partial charge in [0.25, 0.3) is 20.2 Å². The van der Waals surface area contributed by atoms with Crippen LogP contribution in [0.3, 0.4) is 0 Å². The van der Waals surface area contributed by atoms with Gasteiger partial charge in [-0.1, -0.05) is 0 Å². The fourth-order valence-corrected chi connectivity index (χ4v) is 3.10. The molecule has 0 unspecified atom stereocenters. The van der Waals surface area contributed by atoms with Gasteiger partial charge in [-0.3, -0.25) is 13.9 Å². The molecule has 0 aliphatic carbocycles. The second-order valence-corrected chi connectivity index (χ2v) is 7.49. The summed E-state index contributed by atoms with van der Waals surface area (Å²) in [6.45, 7) is 1.13. The van der Waals surface area contributed by atoms with Crippen LogP contribution in [-0.2, 0) is 25.0 Å². The summed E-state index contributed by atoms with van der Waals surface area (Å²) in [4.78, 5) is 9.91. The molecule has 0 saturated heterocycles. The predicted octanol–water partition coefficient (Wildman–Crippen LogP) is -0.300. The first kappa shape index (κ1) is 24.8. The molecule has 0 atom stereocenters. The first-order valence-corrected chi connectivity index (χ1v) is 8.81. The number of aromatic hydroxyl groups is 1. The second-order valence-electron chi connectivity index (χ2n) is 4.64. The van der Waals surface area contributed by atoms with Crippen molar-refractivity contribution in [3.63, 3.8) is 0 Å². The van der Waals surface area contributed by atoms with Crippen LogP contribution < -0.4 is 5.32 Å². The zero-order chi connectivity index (χ0) is 17.6. The molecule has 0 aliphatic heterocycles. The monoisotopic (exact) mass is 409 g/mol. The van der Waals surface area contributed by atoms with E-state index in [4.69, 9.17) is 9.11 Å². The summed E-state index contributed by atoms with van der Waals surface area (Å²) in [5.41, 5.74) is -0.151. The Balaban J connectivity index is 0.00000288. The molecule has 25 heavy (non-hydrogen) atoms. The van der Waals surface area contributed by atoms with E-state index in [0.717, 1.165) is 31.2 Å². The Kier molecular flexibility index (Phi) is 8.58. The molecule has 0 radical (unpaired) electrons. The van der Waals surface area contributed by atoms with Gasteiger partial charge >= 0.3 is 59.1 Å². The molecule has 2 rings (SSSR count). The van der Waals surface area contributed by atoms with E-state index in [0.29, 0.717) is 0 Å². The zero-order valence-corrected chi connectivity index (χ0v) is 13.1. The number of fused-ring (bicyclic) bond motifs is 1. The standard InChI is InChI=1S/C12H11NO8S2.2Na.2H/c1-6(14)13-10-4-8(22(16,17)18)2-7-3-9(23(19,20)21)5-11(15)12(7)10;;;;/h2-5,15H,1H3,(H,13,14)(H,16,17,18)(H,19,20,21);;;;. The van der Waals surface area contributed by atoms with Crippen LogP contribution in [0.15, 0.2) is 34.1 Å². The Bertz CT molecular complexity index is 1030. The van der Waals surface area contributed by atoms with E-state index >= 15 is 0 Å². The molecule has 128 valence electrons. The summed E-state index contributed by atoms with van der Waals surface area (Å²) in [6.07, 6.45) is 0. The van der Waals surface area contributed by atoms with E-state index in [9.17, 15) is 26.7 Å². The Labute approximate surface area is 187 Å². The van der Waals surface area contributed by atoms with Crippen LogP contribution in [0.2, 0.25) is 0 Å². The number of hydrogen-bond donors (Lipinski definition) is 4. The number of nitrogens with one attached hydrogen (secondary N) is 1. The quantitative estimate of drug-likeness (QED) is 0.397. The summed E-state index contributed by atoms with van der Waals surface area (Å²) < 4.78 is 63.1. The van der Waals surface area contributed by atoms with E-state index in [1.807, 2.05) is 0 Å². The maximum atomic E-state index is 11.3. The third-order valence-corrected chi connectivity index (χ3v) is 4.54. The molecule has 0 heterocycles. The van der Waals surface area contributed by atoms with Crippen molar-refractivity contribution in [3.05, 3.63) is 24.3 Å². The Morgan fingerprint density at radius 2 is 1.36 bits per heavy atom. The van der Waals surface area contributed by atoms with Crippen LogP contribution in [0.5, 0.6) is 5.75 Å². The van der Waals surface area contributed by atoms with Crippen LogP contribution >= 0.6 is 0 Å². The van der Waals surface area contributed by atoms with Gasteiger partial charge < -0.3 is 10.4 Å². The minimum absolute atomic E-state index is 0. The van der Waals surface area contributed by atoms with E-state index in [2.05, 4.69) is 5.32 Å². The minimum atomic E-state index is -4.66. The molecule has 0 saturated carbocycles. The van der Waals surface area contributed by atoms with E-state index in [1.54, 1.807) is 0 Å². The fourth-order valence-electron chi connectivity index (χ4n) is 2.02. The van der Waals surface area contributed by atoms with E-state index < -0.39 is 41.7 Å². The van der Waals surface area contributed by atoms with Gasteiger partial charge in [-0.05, 0) is 23.6 Å². The third kappa shape index (κ3) is 5.89. The van der Waals surface area contributed by atoms with Crippen molar-refractivity contribution in [2.75, 3.05) is 5.32 Å². The summed E-state index contributed by atoms with van der Waals surface area (Å²) >= 11 is 0. The van der Waals surface area contributed by atoms with Gasteiger partial charge in [-0.15, -0.1) is 0 Å². The number of carbonyl (C=O) groups excluding carboxylic acids is 1. The van der Waals surface area contributed by atoms with Gasteiger partial charge in [0.2, 0.25) is 5.91 Å². The number of rotatable bonds is 3. The normalized spacial score (nSPS) is 11.3. The number of phenolic OH excluding ortho intramolecular Hbond substituents is 1. The van der Waals surface area contributed by atoms with Crippen LogP contribution in [0.25, 0.3) is 10.8 Å². The van der Waals surface area contributed by atoms with Crippen molar-refractivity contribution in [2.24, 2.45) is 0 Å². The molecule has 0 spiro atoms. The van der Waals surface area contributed by atoms with Gasteiger partial charge in [-0.2, -0.15) is 16.8 Å². The second kappa shape index (κ2) is 8.65. The van der Waals surface area contributed by atoms with Crippen molar-refractivity contribution >= 4 is 102 Å². The Morgan fingerprint density at radius 3 is 1.76 bits per heavy atom. The summed E-state index contributed by atoms with van der Waals surface area (Å²) in [7, 11) is -9.32. The number of carbonyl (C=O) groups is 1. The van der Waals surface area contributed by atoms with Crippen molar-refractivity contribution in [1.29, 1.82) is 0 Å². The summed E-state index contributed by atoms with van der Waals surface area (Å²) in [5, 5.41) is 12.1. The predicted molar refractivity (Wildman–Crippen MR) is 93.8 cm³/mol. The molecule has 1 amide bonds. The van der Waals surface area contributed by atoms with Crippen molar-refractivity contribution in [2.45, 2.75) is 16.7 Å². The Morgan fingerprint density at radius 1 is 0.920 bits per heavy atom. The molecule has 0 aliphatic rings. The summed E-state index contributed by atoms with van der Waals surface area (Å²) in [6, 6.07) is 3.44. The number of benzene rings is 2.